The van der Waals surface area contributed by atoms with Crippen LogP contribution < -0.4 is 4.74 Å². The summed E-state index contributed by atoms with van der Waals surface area (Å²) in [5.74, 6) is -2.14. The summed E-state index contributed by atoms with van der Waals surface area (Å²) in [5, 5.41) is 9.19. The lowest BCUT2D eigenvalue weighted by atomic mass is 9.98. The van der Waals surface area contributed by atoms with Gasteiger partial charge in [-0.1, -0.05) is 50.1 Å². The maximum absolute atomic E-state index is 13.9. The van der Waals surface area contributed by atoms with Gasteiger partial charge in [-0.15, -0.1) is 13.2 Å². The first-order valence-corrected chi connectivity index (χ1v) is 8.28. The maximum atomic E-state index is 13.9. The molecule has 1 unspecified atom stereocenters. The van der Waals surface area contributed by atoms with E-state index in [0.29, 0.717) is 5.56 Å². The van der Waals surface area contributed by atoms with E-state index in [0.717, 1.165) is 43.4 Å². The molecular formula is C19H20F4O3. The first-order valence-electron chi connectivity index (χ1n) is 8.28. The van der Waals surface area contributed by atoms with Gasteiger partial charge in [-0.05, 0) is 41.7 Å². The molecule has 0 saturated carbocycles. The molecular weight excluding hydrogens is 352 g/mol. The van der Waals surface area contributed by atoms with Gasteiger partial charge in [-0.25, -0.2) is 9.28 Å². The van der Waals surface area contributed by atoms with Crippen LogP contribution in [0.25, 0.3) is 0 Å². The van der Waals surface area contributed by atoms with Crippen molar-refractivity contribution in [2.75, 3.05) is 0 Å². The summed E-state index contributed by atoms with van der Waals surface area (Å²) in [4.78, 5) is 4.43. The normalized spacial score (nSPS) is 12.8. The molecule has 7 heteroatoms. The van der Waals surface area contributed by atoms with Crippen molar-refractivity contribution in [3.63, 3.8) is 0 Å². The minimum atomic E-state index is -4.98. The van der Waals surface area contributed by atoms with E-state index in [1.807, 2.05) is 12.1 Å². The molecule has 0 bridgehead atoms. The Morgan fingerprint density at radius 2 is 1.65 bits per heavy atom. The van der Waals surface area contributed by atoms with E-state index in [-0.39, 0.29) is 5.56 Å². The third-order valence-corrected chi connectivity index (χ3v) is 3.94. The highest BCUT2D eigenvalue weighted by Gasteiger charge is 2.32. The van der Waals surface area contributed by atoms with Crippen LogP contribution in [0.5, 0.6) is 5.75 Å². The fourth-order valence-corrected chi connectivity index (χ4v) is 2.64. The predicted octanol–water partition coefficient (Wildman–Crippen LogP) is 6.04. The second-order valence-electron chi connectivity index (χ2n) is 5.92. The molecule has 0 aromatic heterocycles. The lowest BCUT2D eigenvalue weighted by Crippen LogP contribution is -2.18. The highest BCUT2D eigenvalue weighted by molar-refractivity contribution is 5.36. The molecule has 2 aromatic carbocycles. The fourth-order valence-electron chi connectivity index (χ4n) is 2.64. The number of hydrogen-bond donors (Lipinski definition) is 1. The van der Waals surface area contributed by atoms with E-state index < -0.39 is 24.0 Å². The Labute approximate surface area is 149 Å². The van der Waals surface area contributed by atoms with Crippen LogP contribution in [0.15, 0.2) is 42.5 Å². The zero-order valence-electron chi connectivity index (χ0n) is 14.2. The Hall–Kier alpha value is -2.12. The van der Waals surface area contributed by atoms with Gasteiger partial charge in [-0.3, -0.25) is 5.26 Å². The highest BCUT2D eigenvalue weighted by Crippen LogP contribution is 2.31. The molecule has 0 heterocycles. The standard InChI is InChI=1S/C19H20F4O3/c1-2-3-4-5-13-6-8-14(9-7-13)18(26-24)15-10-11-17(16(20)12-15)25-19(21,22)23/h6-12,18,24H,2-5H2,1H3. The van der Waals surface area contributed by atoms with Crippen molar-refractivity contribution in [1.82, 2.24) is 0 Å². The van der Waals surface area contributed by atoms with E-state index >= 15 is 0 Å². The summed E-state index contributed by atoms with van der Waals surface area (Å²) in [6.07, 6.45) is -1.75. The van der Waals surface area contributed by atoms with Gasteiger partial charge in [-0.2, -0.15) is 0 Å². The molecule has 2 rings (SSSR count). The van der Waals surface area contributed by atoms with E-state index in [9.17, 15) is 22.8 Å². The molecule has 0 aliphatic carbocycles. The minimum absolute atomic E-state index is 0.165. The smallest absolute Gasteiger partial charge is 0.403 e. The van der Waals surface area contributed by atoms with Crippen molar-refractivity contribution in [1.29, 1.82) is 0 Å². The van der Waals surface area contributed by atoms with Gasteiger partial charge >= 0.3 is 6.36 Å². The molecule has 0 saturated heterocycles. The number of rotatable bonds is 8. The SMILES string of the molecule is CCCCCc1ccc(C(OO)c2ccc(OC(F)(F)F)c(F)c2)cc1. The van der Waals surface area contributed by atoms with Crippen LogP contribution in [0.3, 0.4) is 0 Å². The number of alkyl halides is 3. The summed E-state index contributed by atoms with van der Waals surface area (Å²) in [6, 6.07) is 10.1. The Morgan fingerprint density at radius 3 is 2.19 bits per heavy atom. The molecule has 26 heavy (non-hydrogen) atoms. The van der Waals surface area contributed by atoms with Crippen molar-refractivity contribution in [2.24, 2.45) is 0 Å². The molecule has 3 nitrogen and oxygen atoms in total. The molecule has 0 spiro atoms. The summed E-state index contributed by atoms with van der Waals surface area (Å²) in [6.45, 7) is 2.12. The summed E-state index contributed by atoms with van der Waals surface area (Å²) >= 11 is 0. The number of aryl methyl sites for hydroxylation is 1. The van der Waals surface area contributed by atoms with Crippen LogP contribution >= 0.6 is 0 Å². The molecule has 142 valence electrons. The Bertz CT molecular complexity index is 699. The summed E-state index contributed by atoms with van der Waals surface area (Å²) in [5.41, 5.74) is 1.84. The van der Waals surface area contributed by atoms with Gasteiger partial charge in [0.25, 0.3) is 0 Å². The topological polar surface area (TPSA) is 38.7 Å². The molecule has 0 aliphatic heterocycles. The molecule has 0 fully saturated rings. The third-order valence-electron chi connectivity index (χ3n) is 3.94. The van der Waals surface area contributed by atoms with E-state index in [4.69, 9.17) is 0 Å². The largest absolute Gasteiger partial charge is 0.573 e. The van der Waals surface area contributed by atoms with Gasteiger partial charge in [0.2, 0.25) is 0 Å². The van der Waals surface area contributed by atoms with Crippen LogP contribution in [-0.4, -0.2) is 11.6 Å². The van der Waals surface area contributed by atoms with E-state index in [2.05, 4.69) is 16.5 Å². The van der Waals surface area contributed by atoms with Gasteiger partial charge in [0, 0.05) is 0 Å². The Kier molecular flexibility index (Phi) is 6.99. The van der Waals surface area contributed by atoms with Gasteiger partial charge in [0.15, 0.2) is 11.6 Å². The van der Waals surface area contributed by atoms with Gasteiger partial charge in [0.1, 0.15) is 6.10 Å². The minimum Gasteiger partial charge on any atom is -0.403 e. The lowest BCUT2D eigenvalue weighted by molar-refractivity contribution is -0.275. The second-order valence-corrected chi connectivity index (χ2v) is 5.92. The predicted molar refractivity (Wildman–Crippen MR) is 88.3 cm³/mol. The average molecular weight is 372 g/mol. The number of benzene rings is 2. The molecule has 0 aliphatic rings. The second kappa shape index (κ2) is 9.00. The lowest BCUT2D eigenvalue weighted by Gasteiger charge is -2.16. The summed E-state index contributed by atoms with van der Waals surface area (Å²) < 4.78 is 54.1. The number of ether oxygens (including phenoxy) is 1. The molecule has 0 amide bonds. The number of halogens is 4. The van der Waals surface area contributed by atoms with Crippen LogP contribution in [0.2, 0.25) is 0 Å². The van der Waals surface area contributed by atoms with Crippen LogP contribution in [-0.2, 0) is 11.3 Å². The van der Waals surface area contributed by atoms with Crippen molar-refractivity contribution >= 4 is 0 Å². The van der Waals surface area contributed by atoms with Gasteiger partial charge < -0.3 is 4.74 Å². The maximum Gasteiger partial charge on any atom is 0.573 e. The third kappa shape index (κ3) is 5.71. The monoisotopic (exact) mass is 372 g/mol. The van der Waals surface area contributed by atoms with Crippen LogP contribution in [0.1, 0.15) is 49.0 Å². The average Bonchev–Trinajstić information content (AvgIpc) is 2.58. The van der Waals surface area contributed by atoms with E-state index in [1.54, 1.807) is 12.1 Å². The molecule has 1 atom stereocenters. The van der Waals surface area contributed by atoms with Crippen molar-refractivity contribution in [3.8, 4) is 5.75 Å². The fraction of sp³-hybridized carbons (Fsp3) is 0.368. The van der Waals surface area contributed by atoms with Crippen molar-refractivity contribution in [3.05, 3.63) is 65.0 Å². The van der Waals surface area contributed by atoms with Crippen molar-refractivity contribution in [2.45, 2.75) is 45.1 Å². The first-order chi connectivity index (χ1) is 12.3. The van der Waals surface area contributed by atoms with E-state index in [1.165, 1.54) is 6.07 Å². The quantitative estimate of drug-likeness (QED) is 0.266. The van der Waals surface area contributed by atoms with Crippen LogP contribution in [0, 0.1) is 5.82 Å². The van der Waals surface area contributed by atoms with Gasteiger partial charge in [0.05, 0.1) is 0 Å². The van der Waals surface area contributed by atoms with Crippen molar-refractivity contribution < 1.29 is 32.4 Å². The highest BCUT2D eigenvalue weighted by atomic mass is 19.4. The Morgan fingerprint density at radius 1 is 1.00 bits per heavy atom. The summed E-state index contributed by atoms with van der Waals surface area (Å²) in [7, 11) is 0. The zero-order chi connectivity index (χ0) is 19.2. The van der Waals surface area contributed by atoms with Crippen LogP contribution in [0.4, 0.5) is 17.6 Å². The number of unbranched alkanes of at least 4 members (excludes halogenated alkanes) is 2. The molecule has 0 radical (unpaired) electrons. The molecule has 1 N–H and O–H groups in total. The zero-order valence-corrected chi connectivity index (χ0v) is 14.2. The Balaban J connectivity index is 2.16. The first kappa shape index (κ1) is 20.2. The molecule has 2 aromatic rings. The number of hydrogen-bond acceptors (Lipinski definition) is 3.